The number of aromatic nitrogens is 2. The van der Waals surface area contributed by atoms with Gasteiger partial charge in [-0.15, -0.1) is 0 Å². The zero-order valence-corrected chi connectivity index (χ0v) is 19.4. The summed E-state index contributed by atoms with van der Waals surface area (Å²) in [4.78, 5) is 9.53. The lowest BCUT2D eigenvalue weighted by atomic mass is 10.1. The van der Waals surface area contributed by atoms with Crippen LogP contribution in [0.4, 0.5) is 10.8 Å². The summed E-state index contributed by atoms with van der Waals surface area (Å²) in [6.07, 6.45) is 0.729. The molecule has 4 aromatic rings. The third-order valence-electron chi connectivity index (χ3n) is 5.86. The molecule has 1 atom stereocenters. The molecule has 0 aliphatic carbocycles. The number of fused-ring (bicyclic) bond motifs is 1. The van der Waals surface area contributed by atoms with Gasteiger partial charge in [-0.05, 0) is 40.4 Å². The summed E-state index contributed by atoms with van der Waals surface area (Å²) < 4.78 is 28.7. The van der Waals surface area contributed by atoms with E-state index in [1.54, 1.807) is 0 Å². The summed E-state index contributed by atoms with van der Waals surface area (Å²) in [7, 11) is 0. The summed E-state index contributed by atoms with van der Waals surface area (Å²) in [5.41, 5.74) is 3.22. The highest BCUT2D eigenvalue weighted by Crippen LogP contribution is 2.32. The standard InChI is InChI=1S/C24H24N4O2S2/c1-17-6-8-18(9-7-17)16-22-25-24(31-26-22)28-14-12-27(13-15-28)21-11-10-19-4-2-3-5-20(19)23(21)32(29)30/h2-11H,12-16H2,1H3,(H,29,30)/p-1. The van der Waals surface area contributed by atoms with Crippen molar-refractivity contribution in [2.75, 3.05) is 36.0 Å². The Labute approximate surface area is 194 Å². The first kappa shape index (κ1) is 21.1. The van der Waals surface area contributed by atoms with E-state index in [9.17, 15) is 8.76 Å². The van der Waals surface area contributed by atoms with Crippen LogP contribution in [0.3, 0.4) is 0 Å². The lowest BCUT2D eigenvalue weighted by Gasteiger charge is -2.37. The second-order valence-electron chi connectivity index (χ2n) is 8.00. The molecule has 1 aliphatic heterocycles. The van der Waals surface area contributed by atoms with Crippen molar-refractivity contribution in [3.8, 4) is 0 Å². The quantitative estimate of drug-likeness (QED) is 0.414. The minimum Gasteiger partial charge on any atom is -0.768 e. The molecule has 0 bridgehead atoms. The zero-order chi connectivity index (χ0) is 22.1. The van der Waals surface area contributed by atoms with Gasteiger partial charge in [-0.25, -0.2) is 4.98 Å². The second kappa shape index (κ2) is 8.97. The minimum atomic E-state index is -2.30. The molecule has 0 saturated carbocycles. The van der Waals surface area contributed by atoms with Crippen LogP contribution < -0.4 is 9.80 Å². The van der Waals surface area contributed by atoms with Crippen LogP contribution >= 0.6 is 11.5 Å². The molecule has 5 rings (SSSR count). The average Bonchev–Trinajstić information content (AvgIpc) is 3.28. The third kappa shape index (κ3) is 4.26. The van der Waals surface area contributed by atoms with Crippen molar-refractivity contribution >= 4 is 44.2 Å². The van der Waals surface area contributed by atoms with E-state index in [-0.39, 0.29) is 0 Å². The topological polar surface area (TPSA) is 72.4 Å². The van der Waals surface area contributed by atoms with E-state index in [0.717, 1.165) is 60.0 Å². The molecular weight excluding hydrogens is 440 g/mol. The number of piperazine rings is 1. The predicted octanol–water partition coefficient (Wildman–Crippen LogP) is 4.16. The summed E-state index contributed by atoms with van der Waals surface area (Å²) in [5.74, 6) is 0.842. The zero-order valence-electron chi connectivity index (χ0n) is 17.7. The largest absolute Gasteiger partial charge is 0.768 e. The molecular formula is C24H23N4O2S2-. The van der Waals surface area contributed by atoms with E-state index in [1.165, 1.54) is 22.7 Å². The number of rotatable bonds is 5. The maximum atomic E-state index is 12.1. The van der Waals surface area contributed by atoms with Crippen molar-refractivity contribution in [2.24, 2.45) is 0 Å². The van der Waals surface area contributed by atoms with E-state index < -0.39 is 11.1 Å². The lowest BCUT2D eigenvalue weighted by Crippen LogP contribution is -2.46. The van der Waals surface area contributed by atoms with Gasteiger partial charge in [-0.3, -0.25) is 4.21 Å². The first-order valence-corrected chi connectivity index (χ1v) is 12.4. The number of hydrogen-bond acceptors (Lipinski definition) is 7. The molecule has 0 radical (unpaired) electrons. The number of aryl methyl sites for hydroxylation is 1. The second-order valence-corrected chi connectivity index (χ2v) is 9.61. The van der Waals surface area contributed by atoms with Crippen molar-refractivity contribution in [3.63, 3.8) is 0 Å². The Balaban J connectivity index is 1.30. The van der Waals surface area contributed by atoms with Gasteiger partial charge in [0.15, 0.2) is 0 Å². The van der Waals surface area contributed by atoms with Crippen molar-refractivity contribution in [1.82, 2.24) is 9.36 Å². The van der Waals surface area contributed by atoms with Gasteiger partial charge < -0.3 is 14.4 Å². The van der Waals surface area contributed by atoms with Crippen LogP contribution in [-0.2, 0) is 17.5 Å². The highest BCUT2D eigenvalue weighted by molar-refractivity contribution is 7.79. The molecule has 1 aromatic heterocycles. The smallest absolute Gasteiger partial charge is 0.205 e. The SMILES string of the molecule is Cc1ccc(Cc2nsc(N3CCN(c4ccc5ccccc5c4S(=O)[O-])CC3)n2)cc1. The van der Waals surface area contributed by atoms with Gasteiger partial charge >= 0.3 is 0 Å². The van der Waals surface area contributed by atoms with Gasteiger partial charge in [-0.1, -0.05) is 60.2 Å². The van der Waals surface area contributed by atoms with Crippen LogP contribution in [0.25, 0.3) is 10.8 Å². The van der Waals surface area contributed by atoms with E-state index in [4.69, 9.17) is 4.98 Å². The summed E-state index contributed by atoms with van der Waals surface area (Å²) >= 11 is -0.872. The van der Waals surface area contributed by atoms with Crippen molar-refractivity contribution in [1.29, 1.82) is 0 Å². The van der Waals surface area contributed by atoms with E-state index in [0.29, 0.717) is 4.90 Å². The van der Waals surface area contributed by atoms with Crippen molar-refractivity contribution in [2.45, 2.75) is 18.2 Å². The summed E-state index contributed by atoms with van der Waals surface area (Å²) in [6.45, 7) is 5.09. The Morgan fingerprint density at radius 1 is 0.969 bits per heavy atom. The van der Waals surface area contributed by atoms with Gasteiger partial charge in [0.05, 0.1) is 10.6 Å². The number of anilines is 2. The normalized spacial score (nSPS) is 15.3. The van der Waals surface area contributed by atoms with Gasteiger partial charge in [0, 0.05) is 44.1 Å². The molecule has 1 saturated heterocycles. The molecule has 2 heterocycles. The molecule has 8 heteroatoms. The van der Waals surface area contributed by atoms with Crippen molar-refractivity contribution in [3.05, 3.63) is 77.6 Å². The molecule has 0 N–H and O–H groups in total. The number of nitrogens with zero attached hydrogens (tertiary/aromatic N) is 4. The number of hydrogen-bond donors (Lipinski definition) is 0. The van der Waals surface area contributed by atoms with Gasteiger partial charge in [0.25, 0.3) is 0 Å². The fraction of sp³-hybridized carbons (Fsp3) is 0.250. The van der Waals surface area contributed by atoms with Crippen molar-refractivity contribution < 1.29 is 8.76 Å². The Kier molecular flexibility index (Phi) is 5.91. The highest BCUT2D eigenvalue weighted by atomic mass is 32.2. The summed E-state index contributed by atoms with van der Waals surface area (Å²) in [6, 6.07) is 20.0. The van der Waals surface area contributed by atoms with E-state index >= 15 is 0 Å². The molecule has 3 aromatic carbocycles. The summed E-state index contributed by atoms with van der Waals surface area (Å²) in [5, 5.41) is 2.63. The maximum Gasteiger partial charge on any atom is 0.205 e. The Morgan fingerprint density at radius 2 is 1.69 bits per heavy atom. The van der Waals surface area contributed by atoms with E-state index in [2.05, 4.69) is 45.4 Å². The van der Waals surface area contributed by atoms with Crippen LogP contribution in [0, 0.1) is 6.92 Å². The molecule has 1 unspecified atom stereocenters. The average molecular weight is 464 g/mol. The monoisotopic (exact) mass is 463 g/mol. The van der Waals surface area contributed by atoms with Gasteiger partial charge in [0.2, 0.25) is 5.13 Å². The molecule has 1 fully saturated rings. The molecule has 164 valence electrons. The lowest BCUT2D eigenvalue weighted by molar-refractivity contribution is 0.537. The molecule has 32 heavy (non-hydrogen) atoms. The van der Waals surface area contributed by atoms with Gasteiger partial charge in [0.1, 0.15) is 5.82 Å². The van der Waals surface area contributed by atoms with Crippen LogP contribution in [0.5, 0.6) is 0 Å². The third-order valence-corrected chi connectivity index (χ3v) is 7.43. The highest BCUT2D eigenvalue weighted by Gasteiger charge is 2.23. The Hall–Kier alpha value is -2.81. The minimum absolute atomic E-state index is 0.382. The van der Waals surface area contributed by atoms with E-state index in [1.807, 2.05) is 36.4 Å². The molecule has 6 nitrogen and oxygen atoms in total. The molecule has 0 amide bonds. The molecule has 0 spiro atoms. The molecule has 1 aliphatic rings. The van der Waals surface area contributed by atoms with Crippen LogP contribution in [-0.4, -0.2) is 44.3 Å². The number of benzene rings is 3. The first-order valence-electron chi connectivity index (χ1n) is 10.6. The Bertz CT molecular complexity index is 1260. The van der Waals surface area contributed by atoms with Gasteiger partial charge in [-0.2, -0.15) is 4.37 Å². The predicted molar refractivity (Wildman–Crippen MR) is 129 cm³/mol. The van der Waals surface area contributed by atoms with Crippen LogP contribution in [0.1, 0.15) is 17.0 Å². The Morgan fingerprint density at radius 3 is 2.44 bits per heavy atom. The van der Waals surface area contributed by atoms with Crippen LogP contribution in [0.15, 0.2) is 65.6 Å². The maximum absolute atomic E-state index is 12.1. The fourth-order valence-corrected chi connectivity index (χ4v) is 5.60. The van der Waals surface area contributed by atoms with Crippen LogP contribution in [0.2, 0.25) is 0 Å². The fourth-order valence-electron chi connectivity index (χ4n) is 4.13. The first-order chi connectivity index (χ1) is 15.6.